The van der Waals surface area contributed by atoms with Gasteiger partial charge in [0.1, 0.15) is 0 Å². The summed E-state index contributed by atoms with van der Waals surface area (Å²) in [5, 5.41) is 19.3. The Kier molecular flexibility index (Phi) is 5.90. The van der Waals surface area contributed by atoms with Crippen molar-refractivity contribution in [1.82, 2.24) is 4.57 Å². The van der Waals surface area contributed by atoms with E-state index in [1.165, 1.54) is 15.9 Å². The van der Waals surface area contributed by atoms with Crippen LogP contribution in [0, 0.1) is 3.95 Å². The number of hydrogen-bond acceptors (Lipinski definition) is 6. The van der Waals surface area contributed by atoms with E-state index in [0.29, 0.717) is 44.3 Å². The van der Waals surface area contributed by atoms with E-state index in [-0.39, 0.29) is 18.1 Å². The molecule has 1 aromatic heterocycles. The van der Waals surface area contributed by atoms with Crippen LogP contribution in [0.2, 0.25) is 0 Å². The van der Waals surface area contributed by atoms with E-state index in [2.05, 4.69) is 4.99 Å². The zero-order valence-electron chi connectivity index (χ0n) is 15.6. The van der Waals surface area contributed by atoms with Crippen molar-refractivity contribution in [3.8, 4) is 5.88 Å². The molecule has 2 aromatic rings. The number of carboxylic acids is 1. The smallest absolute Gasteiger partial charge is 0.303 e. The predicted octanol–water partition coefficient (Wildman–Crippen LogP) is 4.78. The third-order valence-corrected chi connectivity index (χ3v) is 5.96. The van der Waals surface area contributed by atoms with Gasteiger partial charge in [-0.2, -0.15) is 0 Å². The van der Waals surface area contributed by atoms with Crippen LogP contribution in [0.15, 0.2) is 28.8 Å². The molecule has 0 saturated heterocycles. The van der Waals surface area contributed by atoms with E-state index in [0.717, 1.165) is 12.0 Å². The Balaban J connectivity index is 1.96. The molecule has 0 amide bonds. The Morgan fingerprint density at radius 3 is 2.82 bits per heavy atom. The van der Waals surface area contributed by atoms with Gasteiger partial charge < -0.3 is 10.2 Å². The van der Waals surface area contributed by atoms with Gasteiger partial charge in [0.15, 0.2) is 9.74 Å². The van der Waals surface area contributed by atoms with Gasteiger partial charge in [-0.1, -0.05) is 13.0 Å². The molecule has 1 aromatic carbocycles. The maximum absolute atomic E-state index is 13.0. The van der Waals surface area contributed by atoms with Crippen molar-refractivity contribution >= 4 is 52.8 Å². The lowest BCUT2D eigenvalue weighted by Crippen LogP contribution is -2.15. The average Bonchev–Trinajstić information content (AvgIpc) is 2.92. The number of aromatic hydroxyl groups is 1. The zero-order chi connectivity index (χ0) is 20.4. The molecule has 146 valence electrons. The molecule has 0 radical (unpaired) electrons. The van der Waals surface area contributed by atoms with Gasteiger partial charge in [0.2, 0.25) is 5.88 Å². The summed E-state index contributed by atoms with van der Waals surface area (Å²) in [5.41, 5.74) is 3.27. The maximum Gasteiger partial charge on any atom is 0.303 e. The van der Waals surface area contributed by atoms with Gasteiger partial charge in [-0.25, -0.2) is 0 Å². The largest absolute Gasteiger partial charge is 0.493 e. The third-order valence-electron chi connectivity index (χ3n) is 4.58. The van der Waals surface area contributed by atoms with E-state index in [4.69, 9.17) is 17.3 Å². The van der Waals surface area contributed by atoms with Crippen LogP contribution in [0.3, 0.4) is 0 Å². The molecule has 0 bridgehead atoms. The second-order valence-electron chi connectivity index (χ2n) is 6.49. The summed E-state index contributed by atoms with van der Waals surface area (Å²) in [7, 11) is 0. The van der Waals surface area contributed by atoms with E-state index < -0.39 is 5.97 Å². The Morgan fingerprint density at radius 2 is 2.14 bits per heavy atom. The fourth-order valence-electron chi connectivity index (χ4n) is 3.03. The lowest BCUT2D eigenvalue weighted by Gasteiger charge is -2.16. The Hall–Kier alpha value is -2.58. The number of carbonyl (C=O) groups excluding carboxylic acids is 1. The number of ketones is 1. The number of aliphatic carboxylic acids is 1. The minimum absolute atomic E-state index is 0.00567. The van der Waals surface area contributed by atoms with Gasteiger partial charge in [-0.3, -0.25) is 19.1 Å². The van der Waals surface area contributed by atoms with Crippen LogP contribution in [-0.2, 0) is 17.8 Å². The molecule has 0 unspecified atom stereocenters. The second-order valence-corrected chi connectivity index (χ2v) is 8.17. The van der Waals surface area contributed by atoms with Crippen molar-refractivity contribution < 1.29 is 19.8 Å². The molecule has 2 N–H and O–H groups in total. The topological polar surface area (TPSA) is 91.9 Å². The number of aliphatic imine (C=N–C) groups is 1. The predicted molar refractivity (Wildman–Crippen MR) is 113 cm³/mol. The van der Waals surface area contributed by atoms with Crippen LogP contribution in [0.25, 0.3) is 6.08 Å². The van der Waals surface area contributed by atoms with Crippen molar-refractivity contribution in [2.45, 2.75) is 39.7 Å². The van der Waals surface area contributed by atoms with Gasteiger partial charge in [0.25, 0.3) is 0 Å². The van der Waals surface area contributed by atoms with Crippen LogP contribution in [-0.4, -0.2) is 32.2 Å². The number of aryl methyl sites for hydroxylation is 1. The number of benzene rings is 1. The minimum Gasteiger partial charge on any atom is -0.493 e. The standard InChI is InChI=1S/C20H20N2O4S2/c1-3-12-6-7-15-14(9-12)18(25)13(11(2)21-15)10-16-19(26)22(20(27)28-16)8-4-5-17(23)24/h6-7,9-10,26H,3-5,8H2,1-2H3,(H,23,24)/b13-10-. The molecule has 1 aliphatic rings. The molecule has 8 heteroatoms. The maximum atomic E-state index is 13.0. The van der Waals surface area contributed by atoms with E-state index in [1.54, 1.807) is 13.0 Å². The summed E-state index contributed by atoms with van der Waals surface area (Å²) in [6.07, 6.45) is 2.79. The first-order valence-electron chi connectivity index (χ1n) is 8.91. The second kappa shape index (κ2) is 8.20. The van der Waals surface area contributed by atoms with Crippen molar-refractivity contribution in [3.63, 3.8) is 0 Å². The van der Waals surface area contributed by atoms with Crippen molar-refractivity contribution in [1.29, 1.82) is 0 Å². The highest BCUT2D eigenvalue weighted by Crippen LogP contribution is 2.34. The highest BCUT2D eigenvalue weighted by molar-refractivity contribution is 7.73. The first kappa shape index (κ1) is 20.2. The van der Waals surface area contributed by atoms with Crippen LogP contribution >= 0.6 is 23.6 Å². The lowest BCUT2D eigenvalue weighted by molar-refractivity contribution is -0.137. The summed E-state index contributed by atoms with van der Waals surface area (Å²) in [5.74, 6) is -1.08. The molecule has 2 heterocycles. The number of hydrogen-bond donors (Lipinski definition) is 2. The Labute approximate surface area is 171 Å². The molecule has 3 rings (SSSR count). The van der Waals surface area contributed by atoms with Gasteiger partial charge in [-0.15, -0.1) is 11.3 Å². The van der Waals surface area contributed by atoms with E-state index in [1.807, 2.05) is 25.1 Å². The summed E-state index contributed by atoms with van der Waals surface area (Å²) >= 11 is 6.47. The fraction of sp³-hybridized carbons (Fsp3) is 0.300. The molecule has 0 atom stereocenters. The number of thiazole rings is 1. The number of rotatable bonds is 6. The van der Waals surface area contributed by atoms with Crippen LogP contribution < -0.4 is 0 Å². The molecule has 1 aliphatic heterocycles. The van der Waals surface area contributed by atoms with Crippen molar-refractivity contribution in [2.75, 3.05) is 0 Å². The van der Waals surface area contributed by atoms with Gasteiger partial charge in [0.05, 0.1) is 10.6 Å². The first-order valence-corrected chi connectivity index (χ1v) is 10.1. The van der Waals surface area contributed by atoms with E-state index in [9.17, 15) is 14.7 Å². The highest BCUT2D eigenvalue weighted by Gasteiger charge is 2.24. The van der Waals surface area contributed by atoms with Gasteiger partial charge in [-0.05, 0) is 55.8 Å². The van der Waals surface area contributed by atoms with Crippen molar-refractivity contribution in [2.24, 2.45) is 4.99 Å². The number of aromatic nitrogens is 1. The molecule has 0 aliphatic carbocycles. The average molecular weight is 417 g/mol. The van der Waals surface area contributed by atoms with Crippen LogP contribution in [0.4, 0.5) is 5.69 Å². The van der Waals surface area contributed by atoms with Crippen LogP contribution in [0.1, 0.15) is 47.5 Å². The summed E-state index contributed by atoms with van der Waals surface area (Å²) < 4.78 is 1.93. The first-order chi connectivity index (χ1) is 13.3. The lowest BCUT2D eigenvalue weighted by atomic mass is 9.93. The minimum atomic E-state index is -0.895. The van der Waals surface area contributed by atoms with E-state index >= 15 is 0 Å². The molecule has 0 saturated carbocycles. The molecular formula is C20H20N2O4S2. The third kappa shape index (κ3) is 3.98. The van der Waals surface area contributed by atoms with Crippen molar-refractivity contribution in [3.05, 3.63) is 43.7 Å². The number of carboxylic acid groups (broad SMARTS) is 1. The molecule has 0 spiro atoms. The zero-order valence-corrected chi connectivity index (χ0v) is 17.2. The quantitative estimate of drug-likeness (QED) is 0.522. The fourth-order valence-corrected chi connectivity index (χ4v) is 4.33. The molecule has 0 fully saturated rings. The summed E-state index contributed by atoms with van der Waals surface area (Å²) in [6.45, 7) is 4.10. The number of fused-ring (bicyclic) bond motifs is 1. The monoisotopic (exact) mass is 416 g/mol. The molecule has 28 heavy (non-hydrogen) atoms. The van der Waals surface area contributed by atoms with Gasteiger partial charge >= 0.3 is 5.97 Å². The SMILES string of the molecule is CCc1ccc2c(c1)C(=O)/C(=C\c1sc(=S)n(CCCC(=O)O)c1O)C(C)=N2. The van der Waals surface area contributed by atoms with Gasteiger partial charge in [0, 0.05) is 29.8 Å². The summed E-state index contributed by atoms with van der Waals surface area (Å²) in [6, 6.07) is 5.68. The number of carbonyl (C=O) groups is 2. The summed E-state index contributed by atoms with van der Waals surface area (Å²) in [4.78, 5) is 28.7. The highest BCUT2D eigenvalue weighted by atomic mass is 32.1. The normalized spacial score (nSPS) is 14.9. The Morgan fingerprint density at radius 1 is 1.39 bits per heavy atom. The number of allylic oxidation sites excluding steroid dienone is 1. The molecular weight excluding hydrogens is 396 g/mol. The molecule has 6 nitrogen and oxygen atoms in total. The number of Topliss-reactive ketones (excluding diaryl/α,β-unsaturated/α-hetero) is 1. The number of nitrogens with zero attached hydrogens (tertiary/aromatic N) is 2. The van der Waals surface area contributed by atoms with Crippen LogP contribution in [0.5, 0.6) is 5.88 Å². The Bertz CT molecular complexity index is 1080.